The zero-order chi connectivity index (χ0) is 13.7. The molecule has 0 bridgehead atoms. The molecule has 3 nitrogen and oxygen atoms in total. The fourth-order valence-corrected chi connectivity index (χ4v) is 1.94. The zero-order valence-corrected chi connectivity index (χ0v) is 12.3. The fourth-order valence-electron chi connectivity index (χ4n) is 1.60. The SMILES string of the molecule is COC(=O)C(NCc1ccc(Br)cc1F)C(C)C. The maximum absolute atomic E-state index is 13.6. The lowest BCUT2D eigenvalue weighted by atomic mass is 10.0. The van der Waals surface area contributed by atoms with Gasteiger partial charge in [-0.3, -0.25) is 10.1 Å². The Kier molecular flexibility index (Phi) is 5.75. The Hall–Kier alpha value is -0.940. The second-order valence-electron chi connectivity index (χ2n) is 4.36. The summed E-state index contributed by atoms with van der Waals surface area (Å²) in [6.45, 7) is 4.11. The minimum absolute atomic E-state index is 0.0796. The summed E-state index contributed by atoms with van der Waals surface area (Å²) in [5.74, 6) is -0.553. The van der Waals surface area contributed by atoms with Crippen molar-refractivity contribution in [2.75, 3.05) is 7.11 Å². The van der Waals surface area contributed by atoms with E-state index in [1.807, 2.05) is 13.8 Å². The van der Waals surface area contributed by atoms with Gasteiger partial charge >= 0.3 is 5.97 Å². The van der Waals surface area contributed by atoms with Gasteiger partial charge in [-0.15, -0.1) is 0 Å². The van der Waals surface area contributed by atoms with E-state index in [0.29, 0.717) is 10.0 Å². The average Bonchev–Trinajstić information content (AvgIpc) is 2.31. The summed E-state index contributed by atoms with van der Waals surface area (Å²) < 4.78 is 19.0. The van der Waals surface area contributed by atoms with Crippen molar-refractivity contribution in [3.63, 3.8) is 0 Å². The predicted molar refractivity (Wildman–Crippen MR) is 71.6 cm³/mol. The van der Waals surface area contributed by atoms with Gasteiger partial charge in [-0.25, -0.2) is 4.39 Å². The minimum atomic E-state index is -0.432. The van der Waals surface area contributed by atoms with Gasteiger partial charge in [0.2, 0.25) is 0 Å². The highest BCUT2D eigenvalue weighted by molar-refractivity contribution is 9.10. The number of rotatable bonds is 5. The molecule has 1 N–H and O–H groups in total. The molecule has 1 unspecified atom stereocenters. The van der Waals surface area contributed by atoms with Crippen LogP contribution in [-0.4, -0.2) is 19.1 Å². The first kappa shape index (κ1) is 15.1. The van der Waals surface area contributed by atoms with Crippen molar-refractivity contribution >= 4 is 21.9 Å². The van der Waals surface area contributed by atoms with Crippen LogP contribution < -0.4 is 5.32 Å². The first-order valence-electron chi connectivity index (χ1n) is 5.70. The number of carbonyl (C=O) groups is 1. The molecule has 0 amide bonds. The van der Waals surface area contributed by atoms with Gasteiger partial charge in [0.1, 0.15) is 11.9 Å². The van der Waals surface area contributed by atoms with Crippen molar-refractivity contribution in [1.82, 2.24) is 5.32 Å². The Morgan fingerprint density at radius 3 is 2.67 bits per heavy atom. The highest BCUT2D eigenvalue weighted by Crippen LogP contribution is 2.15. The Balaban J connectivity index is 2.70. The number of esters is 1. The molecule has 0 aromatic heterocycles. The van der Waals surface area contributed by atoms with Crippen molar-refractivity contribution in [3.05, 3.63) is 34.1 Å². The van der Waals surface area contributed by atoms with E-state index in [-0.39, 0.29) is 24.2 Å². The lowest BCUT2D eigenvalue weighted by Crippen LogP contribution is -2.41. The van der Waals surface area contributed by atoms with Gasteiger partial charge in [-0.2, -0.15) is 0 Å². The third-order valence-electron chi connectivity index (χ3n) is 2.65. The van der Waals surface area contributed by atoms with Gasteiger partial charge in [0, 0.05) is 16.6 Å². The lowest BCUT2D eigenvalue weighted by molar-refractivity contribution is -0.144. The highest BCUT2D eigenvalue weighted by atomic mass is 79.9. The van der Waals surface area contributed by atoms with E-state index >= 15 is 0 Å². The van der Waals surface area contributed by atoms with Crippen molar-refractivity contribution < 1.29 is 13.9 Å². The van der Waals surface area contributed by atoms with Gasteiger partial charge < -0.3 is 4.74 Å². The van der Waals surface area contributed by atoms with Crippen molar-refractivity contribution in [2.45, 2.75) is 26.4 Å². The van der Waals surface area contributed by atoms with Crippen LogP contribution in [0.15, 0.2) is 22.7 Å². The molecule has 0 saturated carbocycles. The van der Waals surface area contributed by atoms with Crippen LogP contribution in [0.5, 0.6) is 0 Å². The van der Waals surface area contributed by atoms with Crippen molar-refractivity contribution in [2.24, 2.45) is 5.92 Å². The highest BCUT2D eigenvalue weighted by Gasteiger charge is 2.22. The zero-order valence-electron chi connectivity index (χ0n) is 10.7. The molecule has 5 heteroatoms. The lowest BCUT2D eigenvalue weighted by Gasteiger charge is -2.20. The molecule has 0 aliphatic carbocycles. The van der Waals surface area contributed by atoms with E-state index in [0.717, 1.165) is 0 Å². The number of methoxy groups -OCH3 is 1. The van der Waals surface area contributed by atoms with Gasteiger partial charge in [-0.1, -0.05) is 35.8 Å². The number of halogens is 2. The predicted octanol–water partition coefficient (Wildman–Crippen LogP) is 2.88. The molecule has 18 heavy (non-hydrogen) atoms. The minimum Gasteiger partial charge on any atom is -0.468 e. The van der Waals surface area contributed by atoms with Gasteiger partial charge in [0.25, 0.3) is 0 Å². The average molecular weight is 318 g/mol. The van der Waals surface area contributed by atoms with Crippen molar-refractivity contribution in [3.8, 4) is 0 Å². The Labute approximate surface area is 115 Å². The van der Waals surface area contributed by atoms with Gasteiger partial charge in [-0.05, 0) is 18.1 Å². The Morgan fingerprint density at radius 2 is 2.17 bits per heavy atom. The molecule has 1 atom stereocenters. The molecule has 0 saturated heterocycles. The monoisotopic (exact) mass is 317 g/mol. The summed E-state index contributed by atoms with van der Waals surface area (Å²) in [6.07, 6.45) is 0. The molecule has 100 valence electrons. The summed E-state index contributed by atoms with van der Waals surface area (Å²) >= 11 is 3.20. The van der Waals surface area contributed by atoms with E-state index in [1.165, 1.54) is 13.2 Å². The third kappa shape index (κ3) is 4.07. The number of benzene rings is 1. The Bertz CT molecular complexity index is 423. The van der Waals surface area contributed by atoms with E-state index < -0.39 is 6.04 Å². The van der Waals surface area contributed by atoms with Crippen LogP contribution in [0.25, 0.3) is 0 Å². The third-order valence-corrected chi connectivity index (χ3v) is 3.14. The molecule has 1 aromatic carbocycles. The largest absolute Gasteiger partial charge is 0.468 e. The molecule has 0 fully saturated rings. The summed E-state index contributed by atoms with van der Waals surface area (Å²) in [4.78, 5) is 11.5. The first-order chi connectivity index (χ1) is 8.45. The number of hydrogen-bond donors (Lipinski definition) is 1. The topological polar surface area (TPSA) is 38.3 Å². The molecular weight excluding hydrogens is 301 g/mol. The summed E-state index contributed by atoms with van der Waals surface area (Å²) in [5, 5.41) is 3.02. The van der Waals surface area contributed by atoms with E-state index in [2.05, 4.69) is 21.2 Å². The smallest absolute Gasteiger partial charge is 0.323 e. The van der Waals surface area contributed by atoms with E-state index in [4.69, 9.17) is 4.74 Å². The molecular formula is C13H17BrFNO2. The molecule has 0 spiro atoms. The normalized spacial score (nSPS) is 12.6. The Morgan fingerprint density at radius 1 is 1.50 bits per heavy atom. The number of ether oxygens (including phenoxy) is 1. The quantitative estimate of drug-likeness (QED) is 0.849. The number of carbonyl (C=O) groups excluding carboxylic acids is 1. The summed E-state index contributed by atoms with van der Waals surface area (Å²) in [5.41, 5.74) is 0.521. The van der Waals surface area contributed by atoms with E-state index in [1.54, 1.807) is 12.1 Å². The maximum Gasteiger partial charge on any atom is 0.323 e. The number of nitrogens with one attached hydrogen (secondary N) is 1. The molecule has 0 aliphatic rings. The molecule has 0 aliphatic heterocycles. The molecule has 1 rings (SSSR count). The van der Waals surface area contributed by atoms with Crippen LogP contribution in [0, 0.1) is 11.7 Å². The standard InChI is InChI=1S/C13H17BrFNO2/c1-8(2)12(13(17)18-3)16-7-9-4-5-10(14)6-11(9)15/h4-6,8,12,16H,7H2,1-3H3. The second kappa shape index (κ2) is 6.85. The second-order valence-corrected chi connectivity index (χ2v) is 5.28. The number of hydrogen-bond acceptors (Lipinski definition) is 3. The van der Waals surface area contributed by atoms with E-state index in [9.17, 15) is 9.18 Å². The summed E-state index contributed by atoms with van der Waals surface area (Å²) in [6, 6.07) is 4.42. The molecule has 0 radical (unpaired) electrons. The first-order valence-corrected chi connectivity index (χ1v) is 6.50. The maximum atomic E-state index is 13.6. The van der Waals surface area contributed by atoms with Crippen LogP contribution in [0.1, 0.15) is 19.4 Å². The van der Waals surface area contributed by atoms with Crippen LogP contribution >= 0.6 is 15.9 Å². The molecule has 0 heterocycles. The van der Waals surface area contributed by atoms with Gasteiger partial charge in [0.05, 0.1) is 7.11 Å². The van der Waals surface area contributed by atoms with Crippen LogP contribution in [0.4, 0.5) is 4.39 Å². The summed E-state index contributed by atoms with van der Waals surface area (Å²) in [7, 11) is 1.35. The fraction of sp³-hybridized carbons (Fsp3) is 0.462. The van der Waals surface area contributed by atoms with Crippen molar-refractivity contribution in [1.29, 1.82) is 0 Å². The molecule has 1 aromatic rings. The van der Waals surface area contributed by atoms with Crippen LogP contribution in [0.3, 0.4) is 0 Å². The van der Waals surface area contributed by atoms with Crippen LogP contribution in [0.2, 0.25) is 0 Å². The van der Waals surface area contributed by atoms with Gasteiger partial charge in [0.15, 0.2) is 0 Å². The van der Waals surface area contributed by atoms with Crippen LogP contribution in [-0.2, 0) is 16.1 Å².